The number of nitrogens with one attached hydrogen (secondary N) is 1. The Labute approximate surface area is 198 Å². The van der Waals surface area contributed by atoms with E-state index < -0.39 is 5.60 Å². The number of nitrogens with zero attached hydrogens (tertiary/aromatic N) is 3. The SMILES string of the molecule is Cc1nc2c(C(=O)NCCc3ccccc3)cnn2c(OC(C)(C)C)c1Cc1ccccc1F. The summed E-state index contributed by atoms with van der Waals surface area (Å²) in [4.78, 5) is 17.6. The van der Waals surface area contributed by atoms with Gasteiger partial charge in [-0.05, 0) is 51.3 Å². The van der Waals surface area contributed by atoms with Crippen LogP contribution in [-0.4, -0.2) is 32.7 Å². The van der Waals surface area contributed by atoms with E-state index in [1.165, 1.54) is 12.3 Å². The average molecular weight is 461 g/mol. The summed E-state index contributed by atoms with van der Waals surface area (Å²) in [6, 6.07) is 16.6. The van der Waals surface area contributed by atoms with Crippen molar-refractivity contribution in [2.45, 2.75) is 46.1 Å². The van der Waals surface area contributed by atoms with Crippen molar-refractivity contribution in [3.05, 3.63) is 94.6 Å². The van der Waals surface area contributed by atoms with Crippen LogP contribution in [0.1, 0.15) is 53.5 Å². The molecule has 1 amide bonds. The van der Waals surface area contributed by atoms with Gasteiger partial charge in [0.05, 0.1) is 6.20 Å². The first kappa shape index (κ1) is 23.4. The summed E-state index contributed by atoms with van der Waals surface area (Å²) in [7, 11) is 0. The van der Waals surface area contributed by atoms with Crippen LogP contribution in [-0.2, 0) is 12.8 Å². The molecule has 0 aliphatic heterocycles. The molecule has 0 saturated heterocycles. The predicted molar refractivity (Wildman–Crippen MR) is 130 cm³/mol. The number of carbonyl (C=O) groups is 1. The lowest BCUT2D eigenvalue weighted by atomic mass is 10.0. The van der Waals surface area contributed by atoms with Gasteiger partial charge in [0.1, 0.15) is 17.0 Å². The fourth-order valence-corrected chi connectivity index (χ4v) is 3.76. The average Bonchev–Trinajstić information content (AvgIpc) is 3.21. The zero-order valence-electron chi connectivity index (χ0n) is 19.9. The van der Waals surface area contributed by atoms with E-state index in [1.807, 2.05) is 58.0 Å². The lowest BCUT2D eigenvalue weighted by Gasteiger charge is -2.24. The normalized spacial score (nSPS) is 11.6. The number of aromatic nitrogens is 3. The van der Waals surface area contributed by atoms with Crippen molar-refractivity contribution < 1.29 is 13.9 Å². The Morgan fingerprint density at radius 1 is 1.09 bits per heavy atom. The van der Waals surface area contributed by atoms with Gasteiger partial charge in [0.2, 0.25) is 5.88 Å². The van der Waals surface area contributed by atoms with E-state index in [4.69, 9.17) is 4.74 Å². The summed E-state index contributed by atoms with van der Waals surface area (Å²) in [5.74, 6) is -0.0781. The lowest BCUT2D eigenvalue weighted by molar-refractivity contribution is 0.0955. The fraction of sp³-hybridized carbons (Fsp3) is 0.296. The molecule has 4 aromatic rings. The van der Waals surface area contributed by atoms with E-state index in [9.17, 15) is 9.18 Å². The van der Waals surface area contributed by atoms with Gasteiger partial charge in [0.25, 0.3) is 5.91 Å². The third-order valence-corrected chi connectivity index (χ3v) is 5.42. The Kier molecular flexibility index (Phi) is 6.63. The molecule has 0 fully saturated rings. The van der Waals surface area contributed by atoms with Gasteiger partial charge in [-0.25, -0.2) is 9.37 Å². The van der Waals surface area contributed by atoms with Crippen molar-refractivity contribution in [3.8, 4) is 5.88 Å². The Hall–Kier alpha value is -3.74. The summed E-state index contributed by atoms with van der Waals surface area (Å²) in [5.41, 5.74) is 3.32. The molecule has 0 aliphatic carbocycles. The van der Waals surface area contributed by atoms with Crippen molar-refractivity contribution in [1.82, 2.24) is 19.9 Å². The number of amides is 1. The quantitative estimate of drug-likeness (QED) is 0.425. The maximum absolute atomic E-state index is 14.4. The Balaban J connectivity index is 1.67. The molecule has 0 unspecified atom stereocenters. The van der Waals surface area contributed by atoms with Gasteiger partial charge in [-0.2, -0.15) is 9.61 Å². The third-order valence-electron chi connectivity index (χ3n) is 5.42. The Bertz CT molecular complexity index is 1310. The van der Waals surface area contributed by atoms with Crippen molar-refractivity contribution in [1.29, 1.82) is 0 Å². The van der Waals surface area contributed by atoms with Crippen LogP contribution in [0.2, 0.25) is 0 Å². The van der Waals surface area contributed by atoms with E-state index in [0.717, 1.165) is 17.5 Å². The summed E-state index contributed by atoms with van der Waals surface area (Å²) >= 11 is 0. The monoisotopic (exact) mass is 460 g/mol. The molecule has 4 rings (SSSR count). The zero-order chi connectivity index (χ0) is 24.3. The third kappa shape index (κ3) is 5.25. The molecule has 7 heteroatoms. The van der Waals surface area contributed by atoms with Crippen molar-refractivity contribution in [2.75, 3.05) is 6.54 Å². The zero-order valence-corrected chi connectivity index (χ0v) is 19.9. The first-order chi connectivity index (χ1) is 16.2. The molecule has 6 nitrogen and oxygen atoms in total. The van der Waals surface area contributed by atoms with Crippen LogP contribution in [0.15, 0.2) is 60.8 Å². The van der Waals surface area contributed by atoms with E-state index >= 15 is 0 Å². The van der Waals surface area contributed by atoms with Crippen molar-refractivity contribution in [3.63, 3.8) is 0 Å². The molecular formula is C27H29FN4O2. The molecule has 1 N–H and O–H groups in total. The highest BCUT2D eigenvalue weighted by atomic mass is 19.1. The highest BCUT2D eigenvalue weighted by Crippen LogP contribution is 2.30. The van der Waals surface area contributed by atoms with Crippen molar-refractivity contribution >= 4 is 11.6 Å². The summed E-state index contributed by atoms with van der Waals surface area (Å²) in [6.07, 6.45) is 2.52. The highest BCUT2D eigenvalue weighted by molar-refractivity contribution is 5.99. The van der Waals surface area contributed by atoms with E-state index in [2.05, 4.69) is 15.4 Å². The molecule has 34 heavy (non-hydrogen) atoms. The molecule has 0 bridgehead atoms. The van der Waals surface area contributed by atoms with Crippen LogP contribution in [0.25, 0.3) is 5.65 Å². The van der Waals surface area contributed by atoms with Crippen LogP contribution in [0.3, 0.4) is 0 Å². The molecule has 2 aromatic heterocycles. The lowest BCUT2D eigenvalue weighted by Crippen LogP contribution is -2.27. The van der Waals surface area contributed by atoms with Gasteiger partial charge < -0.3 is 10.1 Å². The molecule has 0 atom stereocenters. The largest absolute Gasteiger partial charge is 0.472 e. The van der Waals surface area contributed by atoms with Crippen molar-refractivity contribution in [2.24, 2.45) is 0 Å². The summed E-state index contributed by atoms with van der Waals surface area (Å²) in [5, 5.41) is 7.38. The molecule has 0 spiro atoms. The number of carbonyl (C=O) groups excluding carboxylic acids is 1. The van der Waals surface area contributed by atoms with Crippen LogP contribution in [0.4, 0.5) is 4.39 Å². The smallest absolute Gasteiger partial charge is 0.256 e. The van der Waals surface area contributed by atoms with Gasteiger partial charge in [-0.1, -0.05) is 48.5 Å². The minimum Gasteiger partial charge on any atom is -0.472 e. The van der Waals surface area contributed by atoms with E-state index in [0.29, 0.717) is 41.3 Å². The second-order valence-electron chi connectivity index (χ2n) is 9.25. The van der Waals surface area contributed by atoms with Crippen LogP contribution < -0.4 is 10.1 Å². The minimum atomic E-state index is -0.533. The number of benzene rings is 2. The number of fused-ring (bicyclic) bond motifs is 1. The summed E-state index contributed by atoms with van der Waals surface area (Å²) < 4.78 is 22.2. The first-order valence-electron chi connectivity index (χ1n) is 11.3. The van der Waals surface area contributed by atoms with E-state index in [1.54, 1.807) is 22.7 Å². The van der Waals surface area contributed by atoms with Gasteiger partial charge in [-0.15, -0.1) is 0 Å². The number of hydrogen-bond donors (Lipinski definition) is 1. The number of hydrogen-bond acceptors (Lipinski definition) is 4. The Morgan fingerprint density at radius 2 is 1.79 bits per heavy atom. The molecule has 0 radical (unpaired) electrons. The van der Waals surface area contributed by atoms with Gasteiger partial charge in [-0.3, -0.25) is 4.79 Å². The number of rotatable bonds is 7. The van der Waals surface area contributed by atoms with E-state index in [-0.39, 0.29) is 11.7 Å². The standard InChI is InChI=1S/C27H29FN4O2/c1-18-21(16-20-12-8-9-13-23(20)28)26(34-27(2,3)4)32-24(31-18)22(17-30-32)25(33)29-15-14-19-10-6-5-7-11-19/h5-13,17H,14-16H2,1-4H3,(H,29,33). The topological polar surface area (TPSA) is 68.5 Å². The highest BCUT2D eigenvalue weighted by Gasteiger charge is 2.25. The van der Waals surface area contributed by atoms with Gasteiger partial charge in [0, 0.05) is 24.2 Å². The number of aryl methyl sites for hydroxylation is 1. The second-order valence-corrected chi connectivity index (χ2v) is 9.25. The van der Waals surface area contributed by atoms with Crippen LogP contribution in [0.5, 0.6) is 5.88 Å². The number of ether oxygens (including phenoxy) is 1. The molecule has 0 aliphatic rings. The number of halogens is 1. The Morgan fingerprint density at radius 3 is 2.50 bits per heavy atom. The summed E-state index contributed by atoms with van der Waals surface area (Å²) in [6.45, 7) is 8.14. The predicted octanol–water partition coefficient (Wildman–Crippen LogP) is 4.92. The van der Waals surface area contributed by atoms with Crippen LogP contribution >= 0.6 is 0 Å². The fourth-order valence-electron chi connectivity index (χ4n) is 3.76. The second kappa shape index (κ2) is 9.63. The molecule has 2 aromatic carbocycles. The maximum atomic E-state index is 14.4. The van der Waals surface area contributed by atoms with Gasteiger partial charge in [0.15, 0.2) is 5.65 Å². The first-order valence-corrected chi connectivity index (χ1v) is 11.3. The van der Waals surface area contributed by atoms with Gasteiger partial charge >= 0.3 is 0 Å². The molecule has 176 valence electrons. The molecular weight excluding hydrogens is 431 g/mol. The minimum absolute atomic E-state index is 0.249. The molecule has 0 saturated carbocycles. The van der Waals surface area contributed by atoms with Crippen LogP contribution in [0, 0.1) is 12.7 Å². The molecule has 2 heterocycles. The maximum Gasteiger partial charge on any atom is 0.256 e.